The lowest BCUT2D eigenvalue weighted by Crippen LogP contribution is -2.26. The fourth-order valence-corrected chi connectivity index (χ4v) is 1.87. The van der Waals surface area contributed by atoms with E-state index in [0.717, 1.165) is 4.47 Å². The lowest BCUT2D eigenvalue weighted by Gasteiger charge is -2.30. The quantitative estimate of drug-likeness (QED) is 0.919. The molecular formula is C12H18BrNO2. The van der Waals surface area contributed by atoms with Gasteiger partial charge < -0.3 is 9.67 Å². The first-order valence-corrected chi connectivity index (χ1v) is 6.12. The van der Waals surface area contributed by atoms with Crippen LogP contribution in [0.1, 0.15) is 38.2 Å². The number of hydrogen-bond acceptors (Lipinski definition) is 1. The van der Waals surface area contributed by atoms with Gasteiger partial charge in [-0.3, -0.25) is 0 Å². The van der Waals surface area contributed by atoms with Crippen molar-refractivity contribution in [3.05, 3.63) is 22.4 Å². The van der Waals surface area contributed by atoms with Crippen LogP contribution in [-0.4, -0.2) is 15.6 Å². The first-order valence-electron chi connectivity index (χ1n) is 5.33. The summed E-state index contributed by atoms with van der Waals surface area (Å²) in [6, 6.07) is 1.64. The molecule has 0 aliphatic carbocycles. The highest BCUT2D eigenvalue weighted by atomic mass is 79.9. The lowest BCUT2D eigenvalue weighted by atomic mass is 9.81. The van der Waals surface area contributed by atoms with Crippen LogP contribution in [0.25, 0.3) is 0 Å². The Kier molecular flexibility index (Phi) is 3.84. The normalized spacial score (nSPS) is 12.1. The Morgan fingerprint density at radius 3 is 2.56 bits per heavy atom. The molecule has 0 unspecified atom stereocenters. The van der Waals surface area contributed by atoms with E-state index in [4.69, 9.17) is 5.11 Å². The number of halogens is 1. The summed E-state index contributed by atoms with van der Waals surface area (Å²) in [7, 11) is 0. The number of carbonyl (C=O) groups is 1. The Morgan fingerprint density at radius 2 is 2.12 bits per heavy atom. The molecule has 16 heavy (non-hydrogen) atoms. The molecule has 0 atom stereocenters. The van der Waals surface area contributed by atoms with Gasteiger partial charge in [-0.15, -0.1) is 0 Å². The monoisotopic (exact) mass is 287 g/mol. The van der Waals surface area contributed by atoms with Crippen molar-refractivity contribution >= 4 is 21.9 Å². The number of carboxylic acids is 1. The van der Waals surface area contributed by atoms with Crippen LogP contribution in [0, 0.1) is 11.3 Å². The van der Waals surface area contributed by atoms with E-state index in [0.29, 0.717) is 18.2 Å². The first-order chi connectivity index (χ1) is 7.24. The van der Waals surface area contributed by atoms with Gasteiger partial charge in [-0.05, 0) is 33.3 Å². The van der Waals surface area contributed by atoms with Gasteiger partial charge in [0.15, 0.2) is 0 Å². The lowest BCUT2D eigenvalue weighted by molar-refractivity contribution is 0.0680. The minimum atomic E-state index is -0.884. The molecule has 0 saturated carbocycles. The molecule has 1 rings (SSSR count). The van der Waals surface area contributed by atoms with Gasteiger partial charge in [0, 0.05) is 17.2 Å². The van der Waals surface area contributed by atoms with Gasteiger partial charge in [0.05, 0.1) is 0 Å². The topological polar surface area (TPSA) is 42.2 Å². The molecule has 0 saturated heterocycles. The number of rotatable bonds is 4. The van der Waals surface area contributed by atoms with Crippen molar-refractivity contribution in [2.45, 2.75) is 34.2 Å². The molecular weight excluding hydrogens is 270 g/mol. The Bertz CT molecular complexity index is 394. The second kappa shape index (κ2) is 4.62. The molecule has 3 nitrogen and oxygen atoms in total. The maximum absolute atomic E-state index is 11.0. The molecule has 1 heterocycles. The van der Waals surface area contributed by atoms with E-state index in [1.807, 2.05) is 6.20 Å². The molecule has 0 aliphatic heterocycles. The summed E-state index contributed by atoms with van der Waals surface area (Å²) in [5, 5.41) is 9.07. The maximum atomic E-state index is 11.0. The van der Waals surface area contributed by atoms with Crippen LogP contribution in [0.3, 0.4) is 0 Å². The van der Waals surface area contributed by atoms with E-state index in [9.17, 15) is 4.79 Å². The summed E-state index contributed by atoms with van der Waals surface area (Å²) >= 11 is 3.31. The second-order valence-corrected chi connectivity index (χ2v) is 6.04. The molecule has 0 spiro atoms. The Balaban J connectivity index is 3.01. The van der Waals surface area contributed by atoms with E-state index < -0.39 is 5.97 Å². The summed E-state index contributed by atoms with van der Waals surface area (Å²) in [5.41, 5.74) is 0.406. The zero-order valence-corrected chi connectivity index (χ0v) is 11.7. The van der Waals surface area contributed by atoms with Gasteiger partial charge in [0.25, 0.3) is 0 Å². The Labute approximate surface area is 105 Å². The Morgan fingerprint density at radius 1 is 1.56 bits per heavy atom. The van der Waals surface area contributed by atoms with Crippen LogP contribution in [0.15, 0.2) is 16.7 Å². The molecule has 1 aromatic rings. The molecule has 1 aromatic heterocycles. The third-order valence-electron chi connectivity index (χ3n) is 3.22. The van der Waals surface area contributed by atoms with Gasteiger partial charge >= 0.3 is 5.97 Å². The molecule has 0 aliphatic rings. The zero-order chi connectivity index (χ0) is 12.5. The number of aromatic carboxylic acids is 1. The van der Waals surface area contributed by atoms with Crippen LogP contribution >= 0.6 is 15.9 Å². The Hall–Kier alpha value is -0.770. The smallest absolute Gasteiger partial charge is 0.352 e. The number of hydrogen-bond donors (Lipinski definition) is 1. The second-order valence-electron chi connectivity index (χ2n) is 5.12. The van der Waals surface area contributed by atoms with Crippen molar-refractivity contribution in [1.29, 1.82) is 0 Å². The summed E-state index contributed by atoms with van der Waals surface area (Å²) in [4.78, 5) is 11.0. The fourth-order valence-electron chi connectivity index (χ4n) is 1.41. The van der Waals surface area contributed by atoms with Gasteiger partial charge in [0.2, 0.25) is 0 Å². The van der Waals surface area contributed by atoms with E-state index in [1.165, 1.54) is 0 Å². The van der Waals surface area contributed by atoms with E-state index in [1.54, 1.807) is 10.6 Å². The van der Waals surface area contributed by atoms with Crippen LogP contribution in [0.2, 0.25) is 0 Å². The average molecular weight is 288 g/mol. The minimum Gasteiger partial charge on any atom is -0.477 e. The summed E-state index contributed by atoms with van der Waals surface area (Å²) in [6.07, 6.45) is 1.83. The van der Waals surface area contributed by atoms with Crippen molar-refractivity contribution in [2.24, 2.45) is 11.3 Å². The SMILES string of the molecule is CC(C)C(C)(C)Cn1cc(Br)cc1C(=O)O. The summed E-state index contributed by atoms with van der Waals surface area (Å²) in [5.74, 6) is -0.388. The van der Waals surface area contributed by atoms with Crippen molar-refractivity contribution in [3.8, 4) is 0 Å². The van der Waals surface area contributed by atoms with Crippen LogP contribution < -0.4 is 0 Å². The van der Waals surface area contributed by atoms with Crippen molar-refractivity contribution in [2.75, 3.05) is 0 Å². The predicted molar refractivity (Wildman–Crippen MR) is 67.7 cm³/mol. The van der Waals surface area contributed by atoms with Crippen LogP contribution in [0.4, 0.5) is 0 Å². The number of carboxylic acid groups (broad SMARTS) is 1. The molecule has 0 fully saturated rings. The van der Waals surface area contributed by atoms with Crippen LogP contribution in [0.5, 0.6) is 0 Å². The van der Waals surface area contributed by atoms with Gasteiger partial charge in [-0.1, -0.05) is 27.7 Å². The fraction of sp³-hybridized carbons (Fsp3) is 0.583. The zero-order valence-electron chi connectivity index (χ0n) is 10.1. The van der Waals surface area contributed by atoms with E-state index in [-0.39, 0.29) is 5.41 Å². The third kappa shape index (κ3) is 2.88. The van der Waals surface area contributed by atoms with Crippen molar-refractivity contribution in [3.63, 3.8) is 0 Å². The van der Waals surface area contributed by atoms with E-state index >= 15 is 0 Å². The van der Waals surface area contributed by atoms with Gasteiger partial charge in [-0.25, -0.2) is 4.79 Å². The standard InChI is InChI=1S/C12H18BrNO2/c1-8(2)12(3,4)7-14-6-9(13)5-10(14)11(15)16/h5-6,8H,7H2,1-4H3,(H,15,16). The highest BCUT2D eigenvalue weighted by Gasteiger charge is 2.25. The summed E-state index contributed by atoms with van der Waals surface area (Å²) < 4.78 is 2.61. The van der Waals surface area contributed by atoms with Crippen LogP contribution in [-0.2, 0) is 6.54 Å². The predicted octanol–water partition coefficient (Wildman–Crippen LogP) is 3.63. The minimum absolute atomic E-state index is 0.0721. The highest BCUT2D eigenvalue weighted by Crippen LogP contribution is 2.29. The molecule has 4 heteroatoms. The maximum Gasteiger partial charge on any atom is 0.352 e. The largest absolute Gasteiger partial charge is 0.477 e. The van der Waals surface area contributed by atoms with Gasteiger partial charge in [0.1, 0.15) is 5.69 Å². The molecule has 0 amide bonds. The number of nitrogens with zero attached hydrogens (tertiary/aromatic N) is 1. The third-order valence-corrected chi connectivity index (χ3v) is 3.66. The van der Waals surface area contributed by atoms with Crippen molar-refractivity contribution in [1.82, 2.24) is 4.57 Å². The van der Waals surface area contributed by atoms with E-state index in [2.05, 4.69) is 43.6 Å². The average Bonchev–Trinajstić information content (AvgIpc) is 2.45. The van der Waals surface area contributed by atoms with Gasteiger partial charge in [-0.2, -0.15) is 0 Å². The molecule has 90 valence electrons. The van der Waals surface area contributed by atoms with Crippen molar-refractivity contribution < 1.29 is 9.90 Å². The summed E-state index contributed by atoms with van der Waals surface area (Å²) in [6.45, 7) is 9.31. The molecule has 0 bridgehead atoms. The molecule has 1 N–H and O–H groups in total. The molecule has 0 radical (unpaired) electrons. The molecule has 0 aromatic carbocycles. The first kappa shape index (κ1) is 13.3. The number of aromatic nitrogens is 1. The highest BCUT2D eigenvalue weighted by molar-refractivity contribution is 9.10.